The van der Waals surface area contributed by atoms with Crippen molar-refractivity contribution < 1.29 is 17.9 Å². The molecule has 0 saturated heterocycles. The van der Waals surface area contributed by atoms with Crippen molar-refractivity contribution in [2.75, 3.05) is 13.2 Å². The number of aromatic nitrogens is 3. The lowest BCUT2D eigenvalue weighted by molar-refractivity contribution is -0.154. The van der Waals surface area contributed by atoms with Crippen molar-refractivity contribution in [3.63, 3.8) is 0 Å². The van der Waals surface area contributed by atoms with Crippen molar-refractivity contribution >= 4 is 0 Å². The molecule has 5 nitrogen and oxygen atoms in total. The van der Waals surface area contributed by atoms with Crippen molar-refractivity contribution in [3.8, 4) is 5.88 Å². The zero-order chi connectivity index (χ0) is 17.2. The lowest BCUT2D eigenvalue weighted by Gasteiger charge is -2.22. The zero-order valence-corrected chi connectivity index (χ0v) is 13.3. The summed E-state index contributed by atoms with van der Waals surface area (Å²) in [5.41, 5.74) is 3.31. The summed E-state index contributed by atoms with van der Waals surface area (Å²) in [7, 11) is 0. The molecule has 0 saturated carbocycles. The first-order chi connectivity index (χ1) is 11.4. The van der Waals surface area contributed by atoms with Crippen LogP contribution in [0.25, 0.3) is 0 Å². The molecule has 2 aromatic rings. The number of nitrogens with zero attached hydrogens (tertiary/aromatic N) is 3. The van der Waals surface area contributed by atoms with E-state index < -0.39 is 12.8 Å². The average Bonchev–Trinajstić information content (AvgIpc) is 2.86. The molecular formula is C16H19F3N4O. The fraction of sp³-hybridized carbons (Fsp3) is 0.500. The summed E-state index contributed by atoms with van der Waals surface area (Å²) in [6.07, 6.45) is 0.0311. The van der Waals surface area contributed by atoms with Gasteiger partial charge in [0.2, 0.25) is 5.88 Å². The summed E-state index contributed by atoms with van der Waals surface area (Å²) < 4.78 is 41.0. The molecule has 3 rings (SSSR count). The van der Waals surface area contributed by atoms with Crippen LogP contribution in [0.15, 0.2) is 24.5 Å². The Balaban J connectivity index is 1.61. The topological polar surface area (TPSA) is 54.0 Å². The minimum atomic E-state index is -4.36. The number of H-pyrrole nitrogens is 1. The highest BCUT2D eigenvalue weighted by atomic mass is 19.4. The molecular weight excluding hydrogens is 321 g/mol. The highest BCUT2D eigenvalue weighted by Gasteiger charge is 2.28. The molecule has 24 heavy (non-hydrogen) atoms. The number of pyridine rings is 1. The van der Waals surface area contributed by atoms with Gasteiger partial charge in [0.15, 0.2) is 6.61 Å². The van der Waals surface area contributed by atoms with Gasteiger partial charge in [-0.05, 0) is 17.9 Å². The fourth-order valence-corrected chi connectivity index (χ4v) is 2.93. The average molecular weight is 340 g/mol. The van der Waals surface area contributed by atoms with Crippen LogP contribution in [0.5, 0.6) is 5.88 Å². The standard InChI is InChI=1S/C16H19F3N4O/c1-11-4-14-13(6-21-22-14)9-23(7-11)8-12-2-3-15(20-5-12)24-10-16(17,18)19/h2-3,5-6,11H,4,7-10H2,1H3,(H,21,22). The van der Waals surface area contributed by atoms with E-state index in [1.165, 1.54) is 17.3 Å². The molecule has 0 spiro atoms. The van der Waals surface area contributed by atoms with Gasteiger partial charge < -0.3 is 4.74 Å². The van der Waals surface area contributed by atoms with Gasteiger partial charge in [-0.1, -0.05) is 13.0 Å². The molecule has 1 atom stereocenters. The largest absolute Gasteiger partial charge is 0.468 e. The van der Waals surface area contributed by atoms with Gasteiger partial charge in [0.05, 0.1) is 6.20 Å². The Morgan fingerprint density at radius 1 is 1.33 bits per heavy atom. The van der Waals surface area contributed by atoms with Crippen LogP contribution in [0, 0.1) is 5.92 Å². The van der Waals surface area contributed by atoms with Crippen LogP contribution < -0.4 is 4.74 Å². The molecule has 3 heterocycles. The number of ether oxygens (including phenoxy) is 1. The third-order valence-electron chi connectivity index (χ3n) is 3.91. The number of hydrogen-bond acceptors (Lipinski definition) is 4. The Morgan fingerprint density at radius 3 is 2.88 bits per heavy atom. The molecule has 0 amide bonds. The van der Waals surface area contributed by atoms with E-state index in [1.807, 2.05) is 6.20 Å². The quantitative estimate of drug-likeness (QED) is 0.930. The Bertz CT molecular complexity index is 669. The van der Waals surface area contributed by atoms with Gasteiger partial charge in [-0.25, -0.2) is 4.98 Å². The molecule has 0 aliphatic carbocycles. The third kappa shape index (κ3) is 4.47. The highest BCUT2D eigenvalue weighted by Crippen LogP contribution is 2.22. The van der Waals surface area contributed by atoms with Gasteiger partial charge in [-0.15, -0.1) is 0 Å². The molecule has 1 unspecified atom stereocenters. The van der Waals surface area contributed by atoms with Gasteiger partial charge in [-0.2, -0.15) is 18.3 Å². The fourth-order valence-electron chi connectivity index (χ4n) is 2.93. The van der Waals surface area contributed by atoms with Gasteiger partial charge in [0, 0.05) is 43.2 Å². The van der Waals surface area contributed by atoms with Crippen molar-refractivity contribution in [2.45, 2.75) is 32.6 Å². The van der Waals surface area contributed by atoms with Crippen LogP contribution in [0.3, 0.4) is 0 Å². The number of aromatic amines is 1. The summed E-state index contributed by atoms with van der Waals surface area (Å²) in [5, 5.41) is 7.15. The van der Waals surface area contributed by atoms with E-state index in [2.05, 4.69) is 31.7 Å². The van der Waals surface area contributed by atoms with Crippen LogP contribution in [0.2, 0.25) is 0 Å². The second-order valence-electron chi connectivity index (χ2n) is 6.26. The third-order valence-corrected chi connectivity index (χ3v) is 3.91. The molecule has 130 valence electrons. The monoisotopic (exact) mass is 340 g/mol. The highest BCUT2D eigenvalue weighted by molar-refractivity contribution is 5.20. The predicted octanol–water partition coefficient (Wildman–Crippen LogP) is 2.94. The van der Waals surface area contributed by atoms with E-state index in [0.717, 1.165) is 25.1 Å². The van der Waals surface area contributed by atoms with Crippen molar-refractivity contribution in [2.24, 2.45) is 5.92 Å². The number of alkyl halides is 3. The number of fused-ring (bicyclic) bond motifs is 1. The van der Waals surface area contributed by atoms with Crippen molar-refractivity contribution in [1.82, 2.24) is 20.1 Å². The summed E-state index contributed by atoms with van der Waals surface area (Å²) in [6.45, 7) is 3.28. The van der Waals surface area contributed by atoms with Crippen LogP contribution in [0.1, 0.15) is 23.7 Å². The van der Waals surface area contributed by atoms with Crippen molar-refractivity contribution in [3.05, 3.63) is 41.3 Å². The maximum Gasteiger partial charge on any atom is 0.422 e. The van der Waals surface area contributed by atoms with Crippen LogP contribution in [0.4, 0.5) is 13.2 Å². The lowest BCUT2D eigenvalue weighted by Crippen LogP contribution is -2.26. The molecule has 8 heteroatoms. The van der Waals surface area contributed by atoms with E-state index in [4.69, 9.17) is 0 Å². The first-order valence-corrected chi connectivity index (χ1v) is 7.77. The van der Waals surface area contributed by atoms with Gasteiger partial charge in [0.1, 0.15) is 0 Å². The van der Waals surface area contributed by atoms with E-state index in [1.54, 1.807) is 12.3 Å². The number of hydrogen-bond donors (Lipinski definition) is 1. The molecule has 2 aromatic heterocycles. The summed E-state index contributed by atoms with van der Waals surface area (Å²) >= 11 is 0. The minimum absolute atomic E-state index is 0.0163. The van der Waals surface area contributed by atoms with Crippen LogP contribution >= 0.6 is 0 Å². The normalized spacial score (nSPS) is 18.9. The second-order valence-corrected chi connectivity index (χ2v) is 6.26. The van der Waals surface area contributed by atoms with Crippen LogP contribution in [-0.2, 0) is 19.5 Å². The van der Waals surface area contributed by atoms with E-state index in [0.29, 0.717) is 12.5 Å². The summed E-state index contributed by atoms with van der Waals surface area (Å²) in [6, 6.07) is 3.23. The molecule has 0 aromatic carbocycles. The summed E-state index contributed by atoms with van der Waals surface area (Å²) in [4.78, 5) is 6.25. The Kier molecular flexibility index (Phi) is 4.75. The number of nitrogens with one attached hydrogen (secondary N) is 1. The zero-order valence-electron chi connectivity index (χ0n) is 13.3. The molecule has 0 bridgehead atoms. The first kappa shape index (κ1) is 16.8. The van der Waals surface area contributed by atoms with Gasteiger partial charge >= 0.3 is 6.18 Å². The maximum absolute atomic E-state index is 12.1. The maximum atomic E-state index is 12.1. The molecule has 1 aliphatic rings. The van der Waals surface area contributed by atoms with Gasteiger partial charge in [-0.3, -0.25) is 10.00 Å². The van der Waals surface area contributed by atoms with E-state index in [-0.39, 0.29) is 5.88 Å². The Labute approximate surface area is 137 Å². The molecule has 1 N–H and O–H groups in total. The lowest BCUT2D eigenvalue weighted by atomic mass is 10.1. The number of halogens is 3. The van der Waals surface area contributed by atoms with E-state index in [9.17, 15) is 13.2 Å². The van der Waals surface area contributed by atoms with Crippen molar-refractivity contribution in [1.29, 1.82) is 0 Å². The Morgan fingerprint density at radius 2 is 2.17 bits per heavy atom. The molecule has 0 fully saturated rings. The Hall–Kier alpha value is -2.09. The number of rotatable bonds is 4. The second kappa shape index (κ2) is 6.80. The van der Waals surface area contributed by atoms with E-state index >= 15 is 0 Å². The smallest absolute Gasteiger partial charge is 0.422 e. The van der Waals surface area contributed by atoms with Crippen LogP contribution in [-0.4, -0.2) is 39.4 Å². The summed E-state index contributed by atoms with van der Waals surface area (Å²) in [5.74, 6) is 0.478. The first-order valence-electron chi connectivity index (χ1n) is 7.77. The van der Waals surface area contributed by atoms with Gasteiger partial charge in [0.25, 0.3) is 0 Å². The SMILES string of the molecule is CC1Cc2[nH]ncc2CN(Cc2ccc(OCC(F)(F)F)nc2)C1. The molecule has 1 aliphatic heterocycles. The minimum Gasteiger partial charge on any atom is -0.468 e. The molecule has 0 radical (unpaired) electrons. The predicted molar refractivity (Wildman–Crippen MR) is 81.4 cm³/mol.